The first kappa shape index (κ1) is 13.1. The number of amides is 1. The van der Waals surface area contributed by atoms with Crippen LogP contribution in [0.2, 0.25) is 5.02 Å². The summed E-state index contributed by atoms with van der Waals surface area (Å²) >= 11 is 8.24. The van der Waals surface area contributed by atoms with Crippen LogP contribution in [0.1, 0.15) is 6.92 Å². The van der Waals surface area contributed by atoms with E-state index in [-0.39, 0.29) is 11.8 Å². The molecular formula is C12H14ClIN2O. The first-order valence-corrected chi connectivity index (χ1v) is 7.00. The fourth-order valence-electron chi connectivity index (χ4n) is 1.72. The van der Waals surface area contributed by atoms with Crippen LogP contribution in [-0.2, 0) is 4.79 Å². The van der Waals surface area contributed by atoms with Gasteiger partial charge in [-0.1, -0.05) is 18.5 Å². The molecule has 1 atom stereocenters. The van der Waals surface area contributed by atoms with E-state index in [2.05, 4.69) is 33.2 Å². The summed E-state index contributed by atoms with van der Waals surface area (Å²) in [4.78, 5) is 12.0. The highest BCUT2D eigenvalue weighted by atomic mass is 127. The van der Waals surface area contributed by atoms with E-state index >= 15 is 0 Å². The molecule has 17 heavy (non-hydrogen) atoms. The highest BCUT2D eigenvalue weighted by molar-refractivity contribution is 14.1. The minimum Gasteiger partial charge on any atom is -0.324 e. The maximum Gasteiger partial charge on any atom is 0.227 e. The first-order valence-electron chi connectivity index (χ1n) is 5.54. The Hall–Kier alpha value is -0.330. The second-order valence-corrected chi connectivity index (χ2v) is 5.97. The van der Waals surface area contributed by atoms with Gasteiger partial charge in [0, 0.05) is 9.49 Å². The second-order valence-electron chi connectivity index (χ2n) is 4.32. The standard InChI is InChI=1S/C12H14ClIN2O/c1-7(8-5-15-6-8)12(17)16-11-4-9(14)2-3-10(11)13/h2-4,7-8,15H,5-6H2,1H3,(H,16,17). The SMILES string of the molecule is CC(C(=O)Nc1cc(I)ccc1Cl)C1CNC1. The summed E-state index contributed by atoms with van der Waals surface area (Å²) in [6.07, 6.45) is 0. The molecule has 1 aliphatic heterocycles. The van der Waals surface area contributed by atoms with Crippen molar-refractivity contribution in [1.29, 1.82) is 0 Å². The van der Waals surface area contributed by atoms with Crippen molar-refractivity contribution in [2.24, 2.45) is 11.8 Å². The minimum absolute atomic E-state index is 0.0187. The molecule has 1 aromatic rings. The maximum absolute atomic E-state index is 12.0. The molecular weight excluding hydrogens is 351 g/mol. The van der Waals surface area contributed by atoms with E-state index in [1.165, 1.54) is 0 Å². The average molecular weight is 365 g/mol. The molecule has 1 unspecified atom stereocenters. The van der Waals surface area contributed by atoms with Crippen molar-refractivity contribution in [3.05, 3.63) is 26.8 Å². The highest BCUT2D eigenvalue weighted by Crippen LogP contribution is 2.25. The van der Waals surface area contributed by atoms with E-state index in [1.807, 2.05) is 19.1 Å². The normalized spacial score (nSPS) is 17.4. The van der Waals surface area contributed by atoms with Crippen molar-refractivity contribution < 1.29 is 4.79 Å². The molecule has 0 bridgehead atoms. The molecule has 0 aromatic heterocycles. The Labute approximate surface area is 119 Å². The summed E-state index contributed by atoms with van der Waals surface area (Å²) in [6.45, 7) is 3.81. The molecule has 92 valence electrons. The van der Waals surface area contributed by atoms with Crippen molar-refractivity contribution in [2.45, 2.75) is 6.92 Å². The number of carbonyl (C=O) groups is 1. The predicted molar refractivity (Wildman–Crippen MR) is 78.3 cm³/mol. The summed E-state index contributed by atoms with van der Waals surface area (Å²) in [5.74, 6) is 0.502. The highest BCUT2D eigenvalue weighted by Gasteiger charge is 2.28. The molecule has 1 heterocycles. The van der Waals surface area contributed by atoms with Crippen molar-refractivity contribution in [3.8, 4) is 0 Å². The summed E-state index contributed by atoms with van der Waals surface area (Å²) < 4.78 is 1.06. The Morgan fingerprint density at radius 1 is 1.59 bits per heavy atom. The molecule has 1 saturated heterocycles. The van der Waals surface area contributed by atoms with E-state index in [0.717, 1.165) is 16.7 Å². The smallest absolute Gasteiger partial charge is 0.227 e. The van der Waals surface area contributed by atoms with Crippen molar-refractivity contribution in [3.63, 3.8) is 0 Å². The van der Waals surface area contributed by atoms with Gasteiger partial charge in [0.1, 0.15) is 0 Å². The number of hydrogen-bond donors (Lipinski definition) is 2. The summed E-state index contributed by atoms with van der Waals surface area (Å²) in [7, 11) is 0. The lowest BCUT2D eigenvalue weighted by molar-refractivity contribution is -0.121. The topological polar surface area (TPSA) is 41.1 Å². The summed E-state index contributed by atoms with van der Waals surface area (Å²) in [5.41, 5.74) is 0.697. The lowest BCUT2D eigenvalue weighted by atomic mass is 9.88. The van der Waals surface area contributed by atoms with Crippen LogP contribution in [0.4, 0.5) is 5.69 Å². The maximum atomic E-state index is 12.0. The number of halogens is 2. The third-order valence-electron chi connectivity index (χ3n) is 3.12. The zero-order valence-corrected chi connectivity index (χ0v) is 12.4. The number of rotatable bonds is 3. The quantitative estimate of drug-likeness (QED) is 0.810. The molecule has 2 N–H and O–H groups in total. The fraction of sp³-hybridized carbons (Fsp3) is 0.417. The lowest BCUT2D eigenvalue weighted by Crippen LogP contribution is -2.48. The van der Waals surface area contributed by atoms with E-state index in [4.69, 9.17) is 11.6 Å². The van der Waals surface area contributed by atoms with Crippen molar-refractivity contribution >= 4 is 45.8 Å². The van der Waals surface area contributed by atoms with Gasteiger partial charge in [0.05, 0.1) is 10.7 Å². The van der Waals surface area contributed by atoms with Gasteiger partial charge in [0.2, 0.25) is 5.91 Å². The monoisotopic (exact) mass is 364 g/mol. The van der Waals surface area contributed by atoms with Gasteiger partial charge in [-0.15, -0.1) is 0 Å². The molecule has 3 nitrogen and oxygen atoms in total. The zero-order valence-electron chi connectivity index (χ0n) is 9.47. The summed E-state index contributed by atoms with van der Waals surface area (Å²) in [6, 6.07) is 5.60. The Morgan fingerprint density at radius 2 is 2.29 bits per heavy atom. The average Bonchev–Trinajstić information content (AvgIpc) is 2.21. The van der Waals surface area contributed by atoms with Crippen LogP contribution in [0.3, 0.4) is 0 Å². The van der Waals surface area contributed by atoms with Crippen LogP contribution in [0, 0.1) is 15.4 Å². The van der Waals surface area contributed by atoms with Gasteiger partial charge in [-0.25, -0.2) is 0 Å². The second kappa shape index (κ2) is 5.54. The first-order chi connectivity index (χ1) is 8.08. The molecule has 1 amide bonds. The van der Waals surface area contributed by atoms with Crippen LogP contribution in [0.5, 0.6) is 0 Å². The number of anilines is 1. The van der Waals surface area contributed by atoms with Gasteiger partial charge < -0.3 is 10.6 Å². The third-order valence-corrected chi connectivity index (χ3v) is 4.12. The molecule has 5 heteroatoms. The summed E-state index contributed by atoms with van der Waals surface area (Å²) in [5, 5.41) is 6.65. The molecule has 0 saturated carbocycles. The fourth-order valence-corrected chi connectivity index (χ4v) is 2.37. The number of benzene rings is 1. The van der Waals surface area contributed by atoms with E-state index < -0.39 is 0 Å². The Bertz CT molecular complexity index is 435. The van der Waals surface area contributed by atoms with Gasteiger partial charge in [0.25, 0.3) is 0 Å². The lowest BCUT2D eigenvalue weighted by Gasteiger charge is -2.31. The largest absolute Gasteiger partial charge is 0.324 e. The minimum atomic E-state index is 0.0187. The van der Waals surface area contributed by atoms with E-state index in [9.17, 15) is 4.79 Å². The van der Waals surface area contributed by atoms with E-state index in [1.54, 1.807) is 6.07 Å². The number of nitrogens with one attached hydrogen (secondary N) is 2. The number of hydrogen-bond acceptors (Lipinski definition) is 2. The molecule has 1 fully saturated rings. The third kappa shape index (κ3) is 3.11. The molecule has 0 aliphatic carbocycles. The van der Waals surface area contributed by atoms with Crippen LogP contribution in [0.25, 0.3) is 0 Å². The van der Waals surface area contributed by atoms with Gasteiger partial charge in [-0.3, -0.25) is 4.79 Å². The van der Waals surface area contributed by atoms with Gasteiger partial charge in [-0.2, -0.15) is 0 Å². The molecule has 0 radical (unpaired) electrons. The van der Waals surface area contributed by atoms with Crippen LogP contribution < -0.4 is 10.6 Å². The van der Waals surface area contributed by atoms with Crippen molar-refractivity contribution in [1.82, 2.24) is 5.32 Å². The Morgan fingerprint density at radius 3 is 2.88 bits per heavy atom. The van der Waals surface area contributed by atoms with Crippen molar-refractivity contribution in [2.75, 3.05) is 18.4 Å². The zero-order chi connectivity index (χ0) is 12.4. The van der Waals surface area contributed by atoms with Crippen LogP contribution >= 0.6 is 34.2 Å². The van der Waals surface area contributed by atoms with Crippen LogP contribution in [0.15, 0.2) is 18.2 Å². The molecule has 1 aliphatic rings. The molecule has 1 aromatic carbocycles. The Kier molecular flexibility index (Phi) is 4.27. The molecule has 2 rings (SSSR count). The van der Waals surface area contributed by atoms with Gasteiger partial charge in [-0.05, 0) is 59.8 Å². The van der Waals surface area contributed by atoms with Crippen LogP contribution in [-0.4, -0.2) is 19.0 Å². The molecule has 0 spiro atoms. The predicted octanol–water partition coefficient (Wildman–Crippen LogP) is 2.74. The Balaban J connectivity index is 2.04. The van der Waals surface area contributed by atoms with E-state index in [0.29, 0.717) is 16.6 Å². The van der Waals surface area contributed by atoms with Gasteiger partial charge >= 0.3 is 0 Å². The number of carbonyl (C=O) groups excluding carboxylic acids is 1. The van der Waals surface area contributed by atoms with Gasteiger partial charge in [0.15, 0.2) is 0 Å².